The predicted molar refractivity (Wildman–Crippen MR) is 87.4 cm³/mol. The summed E-state index contributed by atoms with van der Waals surface area (Å²) in [7, 11) is 0. The zero-order valence-electron chi connectivity index (χ0n) is 13.2. The lowest BCUT2D eigenvalue weighted by molar-refractivity contribution is -0.121. The molecule has 0 bridgehead atoms. The van der Waals surface area contributed by atoms with Gasteiger partial charge in [0.25, 0.3) is 0 Å². The van der Waals surface area contributed by atoms with Gasteiger partial charge in [0.1, 0.15) is 6.61 Å². The number of amides is 1. The number of nitrogens with zero attached hydrogens (tertiary/aromatic N) is 1. The fraction of sp³-hybridized carbons (Fsp3) is 0.529. The van der Waals surface area contributed by atoms with Crippen LogP contribution >= 0.6 is 11.6 Å². The van der Waals surface area contributed by atoms with Gasteiger partial charge in [-0.1, -0.05) is 37.3 Å². The molecule has 0 saturated carbocycles. The first kappa shape index (κ1) is 17.8. The quantitative estimate of drug-likeness (QED) is 0.717. The zero-order valence-corrected chi connectivity index (χ0v) is 14.0. The summed E-state index contributed by atoms with van der Waals surface area (Å²) in [6, 6.07) is 9.20. The number of carbonyl (C=O) groups excluding carboxylic acids is 2. The Bertz CT molecular complexity index is 523. The number of carbonyl (C=O) groups is 2. The molecule has 2 rings (SSSR count). The first-order valence-electron chi connectivity index (χ1n) is 7.81. The van der Waals surface area contributed by atoms with Crippen LogP contribution in [0.5, 0.6) is 0 Å². The molecule has 0 spiro atoms. The molecular weight excluding hydrogens is 318 g/mol. The van der Waals surface area contributed by atoms with Crippen LogP contribution in [0.1, 0.15) is 18.9 Å². The highest BCUT2D eigenvalue weighted by atomic mass is 35.5. The first-order valence-corrected chi connectivity index (χ1v) is 8.34. The molecule has 2 unspecified atom stereocenters. The number of ketones is 1. The van der Waals surface area contributed by atoms with Gasteiger partial charge in [-0.15, -0.1) is 11.6 Å². The van der Waals surface area contributed by atoms with Gasteiger partial charge in [0, 0.05) is 6.54 Å². The first-order chi connectivity index (χ1) is 11.2. The topological polar surface area (TPSA) is 55.8 Å². The molecule has 1 aromatic rings. The number of halogens is 1. The minimum atomic E-state index is -0.418. The average molecular weight is 340 g/mol. The Labute approximate surface area is 141 Å². The number of ether oxygens (including phenoxy) is 2. The molecule has 6 heteroatoms. The lowest BCUT2D eigenvalue weighted by atomic mass is 9.98. The van der Waals surface area contributed by atoms with E-state index in [1.807, 2.05) is 37.3 Å². The van der Waals surface area contributed by atoms with Crippen LogP contribution in [0.15, 0.2) is 30.3 Å². The van der Waals surface area contributed by atoms with Crippen molar-refractivity contribution in [3.63, 3.8) is 0 Å². The fourth-order valence-corrected chi connectivity index (χ4v) is 2.89. The van der Waals surface area contributed by atoms with Crippen LogP contribution in [-0.2, 0) is 20.9 Å². The minimum Gasteiger partial charge on any atom is -0.445 e. The number of hydrogen-bond acceptors (Lipinski definition) is 4. The maximum absolute atomic E-state index is 12.5. The van der Waals surface area contributed by atoms with Crippen molar-refractivity contribution in [2.24, 2.45) is 5.92 Å². The van der Waals surface area contributed by atoms with E-state index in [0.29, 0.717) is 19.8 Å². The molecular formula is C17H22ClNO4. The Balaban J connectivity index is 2.01. The van der Waals surface area contributed by atoms with Crippen molar-refractivity contribution in [1.82, 2.24) is 4.90 Å². The van der Waals surface area contributed by atoms with E-state index in [1.54, 1.807) is 4.90 Å². The molecule has 1 aliphatic rings. The third kappa shape index (κ3) is 4.69. The van der Waals surface area contributed by atoms with E-state index in [0.717, 1.165) is 12.0 Å². The third-order valence-electron chi connectivity index (χ3n) is 3.90. The Morgan fingerprint density at radius 1 is 1.30 bits per heavy atom. The summed E-state index contributed by atoms with van der Waals surface area (Å²) < 4.78 is 10.8. The Hall–Kier alpha value is -1.59. The number of hydrogen-bond donors (Lipinski definition) is 0. The Morgan fingerprint density at radius 3 is 2.70 bits per heavy atom. The van der Waals surface area contributed by atoms with E-state index < -0.39 is 6.09 Å². The molecule has 1 heterocycles. The maximum atomic E-state index is 12.5. The lowest BCUT2D eigenvalue weighted by Gasteiger charge is -2.30. The van der Waals surface area contributed by atoms with Crippen LogP contribution in [0.3, 0.4) is 0 Å². The Kier molecular flexibility index (Phi) is 6.86. The minimum absolute atomic E-state index is 0.0659. The summed E-state index contributed by atoms with van der Waals surface area (Å²) in [6.07, 6.45) is 0.359. The molecule has 1 aromatic carbocycles. The highest BCUT2D eigenvalue weighted by molar-refractivity contribution is 6.28. The zero-order chi connectivity index (χ0) is 16.7. The molecule has 1 amide bonds. The number of Topliss-reactive ketones (excluding diaryl/α,β-unsaturated/α-hetero) is 1. The van der Waals surface area contributed by atoms with Crippen molar-refractivity contribution < 1.29 is 19.1 Å². The standard InChI is InChI=1S/C17H22ClNO4/c1-2-8-19(15-12-22-11-14(15)16(20)9-18)17(21)23-10-13-6-4-3-5-7-13/h3-7,14-15H,2,8-12H2,1H3. The predicted octanol–water partition coefficient (Wildman–Crippen LogP) is 2.86. The molecule has 0 aliphatic carbocycles. The molecule has 2 atom stereocenters. The number of rotatable bonds is 7. The molecule has 126 valence electrons. The van der Waals surface area contributed by atoms with Crippen LogP contribution in [0, 0.1) is 5.92 Å². The van der Waals surface area contributed by atoms with Crippen molar-refractivity contribution in [3.8, 4) is 0 Å². The summed E-state index contributed by atoms with van der Waals surface area (Å²) in [5, 5.41) is 0. The van der Waals surface area contributed by atoms with Crippen molar-refractivity contribution >= 4 is 23.5 Å². The van der Waals surface area contributed by atoms with E-state index >= 15 is 0 Å². The van der Waals surface area contributed by atoms with E-state index in [9.17, 15) is 9.59 Å². The molecule has 0 radical (unpaired) electrons. The second kappa shape index (κ2) is 8.89. The van der Waals surface area contributed by atoms with Crippen molar-refractivity contribution in [3.05, 3.63) is 35.9 Å². The fourth-order valence-electron chi connectivity index (χ4n) is 2.69. The molecule has 5 nitrogen and oxygen atoms in total. The Morgan fingerprint density at radius 2 is 2.04 bits per heavy atom. The summed E-state index contributed by atoms with van der Waals surface area (Å²) >= 11 is 5.66. The molecule has 1 aliphatic heterocycles. The van der Waals surface area contributed by atoms with Gasteiger partial charge in [-0.2, -0.15) is 0 Å². The smallest absolute Gasteiger partial charge is 0.410 e. The summed E-state index contributed by atoms with van der Waals surface area (Å²) in [5.41, 5.74) is 0.924. The molecule has 0 aromatic heterocycles. The van der Waals surface area contributed by atoms with Gasteiger partial charge in [0.05, 0.1) is 31.1 Å². The lowest BCUT2D eigenvalue weighted by Crippen LogP contribution is -2.47. The van der Waals surface area contributed by atoms with Crippen molar-refractivity contribution in [1.29, 1.82) is 0 Å². The second-order valence-electron chi connectivity index (χ2n) is 5.54. The highest BCUT2D eigenvalue weighted by Gasteiger charge is 2.39. The normalized spacial score (nSPS) is 20.3. The highest BCUT2D eigenvalue weighted by Crippen LogP contribution is 2.22. The second-order valence-corrected chi connectivity index (χ2v) is 5.81. The van der Waals surface area contributed by atoms with E-state index in [2.05, 4.69) is 0 Å². The van der Waals surface area contributed by atoms with Gasteiger partial charge in [-0.25, -0.2) is 4.79 Å². The maximum Gasteiger partial charge on any atom is 0.410 e. The van der Waals surface area contributed by atoms with E-state index in [4.69, 9.17) is 21.1 Å². The van der Waals surface area contributed by atoms with Gasteiger partial charge in [0.15, 0.2) is 5.78 Å². The van der Waals surface area contributed by atoms with Crippen LogP contribution in [0.4, 0.5) is 4.79 Å². The summed E-state index contributed by atoms with van der Waals surface area (Å²) in [6.45, 7) is 3.36. The number of benzene rings is 1. The van der Waals surface area contributed by atoms with Crippen LogP contribution in [0.2, 0.25) is 0 Å². The summed E-state index contributed by atoms with van der Waals surface area (Å²) in [5.74, 6) is -0.529. The van der Waals surface area contributed by atoms with Gasteiger partial charge >= 0.3 is 6.09 Å². The van der Waals surface area contributed by atoms with E-state index in [1.165, 1.54) is 0 Å². The van der Waals surface area contributed by atoms with Crippen molar-refractivity contribution in [2.45, 2.75) is 26.0 Å². The van der Waals surface area contributed by atoms with Crippen LogP contribution in [0.25, 0.3) is 0 Å². The van der Waals surface area contributed by atoms with Gasteiger partial charge in [0.2, 0.25) is 0 Å². The van der Waals surface area contributed by atoms with Crippen LogP contribution < -0.4 is 0 Å². The van der Waals surface area contributed by atoms with Crippen molar-refractivity contribution in [2.75, 3.05) is 25.6 Å². The molecule has 0 N–H and O–H groups in total. The SMILES string of the molecule is CCCN(C(=O)OCc1ccccc1)C1COCC1C(=O)CCl. The van der Waals surface area contributed by atoms with Crippen LogP contribution in [-0.4, -0.2) is 48.5 Å². The van der Waals surface area contributed by atoms with Gasteiger partial charge in [-0.3, -0.25) is 4.79 Å². The average Bonchev–Trinajstić information content (AvgIpc) is 3.07. The van der Waals surface area contributed by atoms with Gasteiger partial charge in [-0.05, 0) is 12.0 Å². The summed E-state index contributed by atoms with van der Waals surface area (Å²) in [4.78, 5) is 26.0. The molecule has 23 heavy (non-hydrogen) atoms. The third-order valence-corrected chi connectivity index (χ3v) is 4.16. The van der Waals surface area contributed by atoms with E-state index in [-0.39, 0.29) is 30.2 Å². The van der Waals surface area contributed by atoms with Gasteiger partial charge < -0.3 is 14.4 Å². The number of alkyl halides is 1. The molecule has 1 saturated heterocycles. The molecule has 1 fully saturated rings. The largest absolute Gasteiger partial charge is 0.445 e. The monoisotopic (exact) mass is 339 g/mol.